The van der Waals surface area contributed by atoms with Crippen LogP contribution >= 0.6 is 15.9 Å². The lowest BCUT2D eigenvalue weighted by atomic mass is 10.1. The van der Waals surface area contributed by atoms with E-state index < -0.39 is 5.63 Å². The van der Waals surface area contributed by atoms with E-state index in [2.05, 4.69) is 20.8 Å². The lowest BCUT2D eigenvalue weighted by Gasteiger charge is -2.34. The molecule has 0 atom stereocenters. The van der Waals surface area contributed by atoms with Gasteiger partial charge in [0.2, 0.25) is 0 Å². The second kappa shape index (κ2) is 8.93. The second-order valence-electron chi connectivity index (χ2n) is 7.30. The van der Waals surface area contributed by atoms with Crippen molar-refractivity contribution in [1.82, 2.24) is 9.80 Å². The molecule has 1 amide bonds. The van der Waals surface area contributed by atoms with Crippen molar-refractivity contribution in [2.75, 3.05) is 32.7 Å². The van der Waals surface area contributed by atoms with Crippen LogP contribution < -0.4 is 5.63 Å². The Bertz CT molecular complexity index is 1130. The highest BCUT2D eigenvalue weighted by Gasteiger charge is 2.23. The molecule has 2 heterocycles. The van der Waals surface area contributed by atoms with E-state index in [9.17, 15) is 14.4 Å². The summed E-state index contributed by atoms with van der Waals surface area (Å²) >= 11 is 3.39. The molecule has 6 nitrogen and oxygen atoms in total. The number of piperazine rings is 1. The first-order chi connectivity index (χ1) is 14.5. The summed E-state index contributed by atoms with van der Waals surface area (Å²) < 4.78 is 6.14. The molecule has 1 aliphatic rings. The summed E-state index contributed by atoms with van der Waals surface area (Å²) in [6.07, 6.45) is 0.233. The van der Waals surface area contributed by atoms with E-state index >= 15 is 0 Å². The fraction of sp³-hybridized carbons (Fsp3) is 0.261. The lowest BCUT2D eigenvalue weighted by molar-refractivity contribution is 0.0628. The first-order valence-corrected chi connectivity index (χ1v) is 10.6. The molecule has 0 radical (unpaired) electrons. The van der Waals surface area contributed by atoms with Gasteiger partial charge in [-0.05, 0) is 36.4 Å². The summed E-state index contributed by atoms with van der Waals surface area (Å²) in [4.78, 5) is 41.4. The molecule has 7 heteroatoms. The molecule has 1 aromatic heterocycles. The monoisotopic (exact) mass is 468 g/mol. The summed E-state index contributed by atoms with van der Waals surface area (Å²) in [5, 5.41) is 0.709. The summed E-state index contributed by atoms with van der Waals surface area (Å²) in [6, 6.07) is 16.2. The Kier molecular flexibility index (Phi) is 6.11. The number of nitrogens with zero attached hydrogens (tertiary/aromatic N) is 2. The molecule has 154 valence electrons. The topological polar surface area (TPSA) is 70.8 Å². The average molecular weight is 469 g/mol. The van der Waals surface area contributed by atoms with Gasteiger partial charge >= 0.3 is 5.63 Å². The molecular weight excluding hydrogens is 448 g/mol. The van der Waals surface area contributed by atoms with Gasteiger partial charge in [0.05, 0.1) is 0 Å². The molecular formula is C23H21BrN2O4. The fourth-order valence-electron chi connectivity index (χ4n) is 3.62. The van der Waals surface area contributed by atoms with Gasteiger partial charge in [-0.1, -0.05) is 34.1 Å². The predicted molar refractivity (Wildman–Crippen MR) is 118 cm³/mol. The Hall–Kier alpha value is -2.77. The zero-order valence-electron chi connectivity index (χ0n) is 16.3. The first kappa shape index (κ1) is 20.5. The average Bonchev–Trinajstić information content (AvgIpc) is 2.77. The molecule has 0 unspecified atom stereocenters. The number of halogens is 1. The standard InChI is InChI=1S/C23H21BrN2O4/c24-18-6-7-21-17(14-18)15-19(23(29)30-21)20(27)8-9-25-10-12-26(13-11-25)22(28)16-4-2-1-3-5-16/h1-7,14-15H,8-13H2. The van der Waals surface area contributed by atoms with E-state index in [1.54, 1.807) is 18.2 Å². The van der Waals surface area contributed by atoms with Crippen LogP contribution in [0.2, 0.25) is 0 Å². The van der Waals surface area contributed by atoms with Crippen molar-refractivity contribution >= 4 is 38.6 Å². The van der Waals surface area contributed by atoms with Crippen LogP contribution in [-0.4, -0.2) is 54.2 Å². The van der Waals surface area contributed by atoms with Crippen molar-refractivity contribution in [3.8, 4) is 0 Å². The summed E-state index contributed by atoms with van der Waals surface area (Å²) in [5.41, 5.74) is 0.626. The van der Waals surface area contributed by atoms with E-state index in [0.717, 1.165) is 4.47 Å². The Morgan fingerprint density at radius 2 is 1.70 bits per heavy atom. The zero-order valence-corrected chi connectivity index (χ0v) is 17.9. The molecule has 1 aliphatic heterocycles. The number of rotatable bonds is 5. The van der Waals surface area contributed by atoms with Gasteiger partial charge in [0, 0.05) is 54.6 Å². The van der Waals surface area contributed by atoms with Crippen molar-refractivity contribution in [2.24, 2.45) is 0 Å². The van der Waals surface area contributed by atoms with Gasteiger partial charge in [-0.2, -0.15) is 0 Å². The SMILES string of the molecule is O=C(CCN1CCN(C(=O)c2ccccc2)CC1)c1cc2cc(Br)ccc2oc1=O. The van der Waals surface area contributed by atoms with E-state index in [1.165, 1.54) is 0 Å². The minimum absolute atomic E-state index is 0.0336. The number of carbonyl (C=O) groups excluding carboxylic acids is 2. The summed E-state index contributed by atoms with van der Waals surface area (Å²) in [7, 11) is 0. The molecule has 1 saturated heterocycles. The van der Waals surface area contributed by atoms with Crippen LogP contribution in [0.5, 0.6) is 0 Å². The number of ketones is 1. The molecule has 30 heavy (non-hydrogen) atoms. The molecule has 0 N–H and O–H groups in total. The minimum Gasteiger partial charge on any atom is -0.422 e. The van der Waals surface area contributed by atoms with Gasteiger partial charge in [-0.15, -0.1) is 0 Å². The Morgan fingerprint density at radius 1 is 0.967 bits per heavy atom. The van der Waals surface area contributed by atoms with Crippen LogP contribution in [0.15, 0.2) is 68.3 Å². The van der Waals surface area contributed by atoms with Gasteiger partial charge in [0.15, 0.2) is 5.78 Å². The molecule has 0 aliphatic carbocycles. The number of fused-ring (bicyclic) bond motifs is 1. The van der Waals surface area contributed by atoms with Gasteiger partial charge in [0.1, 0.15) is 11.1 Å². The third kappa shape index (κ3) is 4.52. The van der Waals surface area contributed by atoms with Crippen molar-refractivity contribution in [2.45, 2.75) is 6.42 Å². The smallest absolute Gasteiger partial charge is 0.347 e. The Morgan fingerprint density at radius 3 is 2.43 bits per heavy atom. The number of hydrogen-bond donors (Lipinski definition) is 0. The van der Waals surface area contributed by atoms with Crippen LogP contribution in [0, 0.1) is 0 Å². The van der Waals surface area contributed by atoms with Crippen molar-refractivity contribution in [3.05, 3.63) is 80.6 Å². The van der Waals surface area contributed by atoms with Crippen LogP contribution in [0.3, 0.4) is 0 Å². The van der Waals surface area contributed by atoms with Crippen molar-refractivity contribution in [1.29, 1.82) is 0 Å². The van der Waals surface area contributed by atoms with Gasteiger partial charge < -0.3 is 9.32 Å². The highest BCUT2D eigenvalue weighted by Crippen LogP contribution is 2.20. The quantitative estimate of drug-likeness (QED) is 0.422. The van der Waals surface area contributed by atoms with E-state index in [-0.39, 0.29) is 23.7 Å². The van der Waals surface area contributed by atoms with E-state index in [4.69, 9.17) is 4.42 Å². The highest BCUT2D eigenvalue weighted by atomic mass is 79.9. The van der Waals surface area contributed by atoms with Crippen LogP contribution in [-0.2, 0) is 0 Å². The maximum Gasteiger partial charge on any atom is 0.347 e. The largest absolute Gasteiger partial charge is 0.422 e. The lowest BCUT2D eigenvalue weighted by Crippen LogP contribution is -2.49. The molecule has 0 bridgehead atoms. The number of carbonyl (C=O) groups is 2. The number of amides is 1. The molecule has 4 rings (SSSR count). The normalized spacial score (nSPS) is 14.8. The molecule has 3 aromatic rings. The third-order valence-corrected chi connectivity index (χ3v) is 5.82. The fourth-order valence-corrected chi connectivity index (χ4v) is 4.00. The first-order valence-electron chi connectivity index (χ1n) is 9.84. The van der Waals surface area contributed by atoms with Crippen LogP contribution in [0.4, 0.5) is 0 Å². The van der Waals surface area contributed by atoms with Crippen LogP contribution in [0.1, 0.15) is 27.1 Å². The molecule has 0 saturated carbocycles. The van der Waals surface area contributed by atoms with Gasteiger partial charge in [-0.25, -0.2) is 4.79 Å². The van der Waals surface area contributed by atoms with Gasteiger partial charge in [0.25, 0.3) is 5.91 Å². The second-order valence-corrected chi connectivity index (χ2v) is 8.22. The number of benzene rings is 2. The van der Waals surface area contributed by atoms with Crippen molar-refractivity contribution in [3.63, 3.8) is 0 Å². The third-order valence-electron chi connectivity index (χ3n) is 5.33. The Balaban J connectivity index is 1.34. The summed E-state index contributed by atoms with van der Waals surface area (Å²) in [5.74, 6) is -0.195. The number of Topliss-reactive ketones (excluding diaryl/α,β-unsaturated/α-hetero) is 1. The molecule has 1 fully saturated rings. The van der Waals surface area contributed by atoms with Crippen LogP contribution in [0.25, 0.3) is 11.0 Å². The zero-order chi connectivity index (χ0) is 21.1. The molecule has 0 spiro atoms. The molecule has 2 aromatic carbocycles. The van der Waals surface area contributed by atoms with E-state index in [1.807, 2.05) is 41.3 Å². The van der Waals surface area contributed by atoms with E-state index in [0.29, 0.717) is 49.3 Å². The predicted octanol–water partition coefficient (Wildman–Crippen LogP) is 3.59. The Labute approximate surface area is 182 Å². The number of hydrogen-bond acceptors (Lipinski definition) is 5. The maximum atomic E-state index is 12.6. The van der Waals surface area contributed by atoms with Gasteiger partial charge in [-0.3, -0.25) is 14.5 Å². The maximum absolute atomic E-state index is 12.6. The minimum atomic E-state index is -0.604. The highest BCUT2D eigenvalue weighted by molar-refractivity contribution is 9.10. The summed E-state index contributed by atoms with van der Waals surface area (Å²) in [6.45, 7) is 3.18. The van der Waals surface area contributed by atoms with Crippen molar-refractivity contribution < 1.29 is 14.0 Å².